The first kappa shape index (κ1) is 19.6. The molecule has 25 heavy (non-hydrogen) atoms. The van der Waals surface area contributed by atoms with E-state index >= 15 is 0 Å². The summed E-state index contributed by atoms with van der Waals surface area (Å²) in [6.07, 6.45) is -0.771. The molecule has 1 fully saturated rings. The predicted molar refractivity (Wildman–Crippen MR) is 93.2 cm³/mol. The number of carbonyl (C=O) groups excluding carboxylic acids is 1. The van der Waals surface area contributed by atoms with Gasteiger partial charge in [0.25, 0.3) is 0 Å². The third-order valence-corrected chi connectivity index (χ3v) is 3.65. The quantitative estimate of drug-likeness (QED) is 0.813. The number of nitrogens with zero attached hydrogens (tertiary/aromatic N) is 1. The van der Waals surface area contributed by atoms with Crippen molar-refractivity contribution in [2.45, 2.75) is 32.9 Å². The number of hydrogen-bond donors (Lipinski definition) is 2. The van der Waals surface area contributed by atoms with Gasteiger partial charge in [-0.3, -0.25) is 10.2 Å². The zero-order chi connectivity index (χ0) is 18.7. The molecule has 0 aromatic heterocycles. The molecular weight excluding hydrogens is 334 g/mol. The fourth-order valence-corrected chi connectivity index (χ4v) is 2.62. The lowest BCUT2D eigenvalue weighted by Gasteiger charge is -2.28. The predicted octanol–water partition coefficient (Wildman–Crippen LogP) is 2.49. The Bertz CT molecular complexity index is 612. The highest BCUT2D eigenvalue weighted by molar-refractivity contribution is 6.73. The lowest BCUT2D eigenvalue weighted by atomic mass is 9.79. The minimum absolute atomic E-state index is 0.0936. The van der Waals surface area contributed by atoms with Crippen LogP contribution in [0, 0.1) is 0 Å². The van der Waals surface area contributed by atoms with E-state index in [1.54, 1.807) is 26.8 Å². The summed E-state index contributed by atoms with van der Waals surface area (Å²) in [5, 5.41) is 5.61. The largest absolute Gasteiger partial charge is 0.509 e. The summed E-state index contributed by atoms with van der Waals surface area (Å²) in [4.78, 5) is 13.9. The first-order valence-corrected chi connectivity index (χ1v) is 8.30. The van der Waals surface area contributed by atoms with Crippen LogP contribution < -0.4 is 16.1 Å². The molecule has 0 aliphatic carbocycles. The van der Waals surface area contributed by atoms with E-state index in [0.29, 0.717) is 12.1 Å². The summed E-state index contributed by atoms with van der Waals surface area (Å²) >= 11 is 0. The molecule has 0 spiro atoms. The van der Waals surface area contributed by atoms with E-state index in [4.69, 9.17) is 4.74 Å². The van der Waals surface area contributed by atoms with Crippen molar-refractivity contribution in [3.63, 3.8) is 0 Å². The average molecular weight is 358 g/mol. The second-order valence-corrected chi connectivity index (χ2v) is 7.19. The molecule has 2 N–H and O–H groups in total. The maximum absolute atomic E-state index is 13.2. The van der Waals surface area contributed by atoms with Crippen molar-refractivity contribution in [1.82, 2.24) is 10.2 Å². The second kappa shape index (κ2) is 7.66. The number of halogens is 3. The van der Waals surface area contributed by atoms with Gasteiger partial charge in [-0.05, 0) is 32.4 Å². The van der Waals surface area contributed by atoms with E-state index < -0.39 is 24.1 Å². The number of nitrogens with one attached hydrogen (secondary N) is 2. The molecule has 0 unspecified atom stereocenters. The van der Waals surface area contributed by atoms with E-state index in [1.165, 1.54) is 0 Å². The van der Waals surface area contributed by atoms with Gasteiger partial charge in [-0.1, -0.05) is 12.1 Å². The van der Waals surface area contributed by atoms with E-state index in [0.717, 1.165) is 38.3 Å². The Balaban J connectivity index is 2.19. The number of hydrogen-bond acceptors (Lipinski definition) is 4. The molecule has 140 valence electrons. The lowest BCUT2D eigenvalue weighted by molar-refractivity contribution is 0.0636. The molecule has 2 rings (SSSR count). The van der Waals surface area contributed by atoms with Gasteiger partial charge in [0.05, 0.1) is 0 Å². The van der Waals surface area contributed by atoms with Gasteiger partial charge in [0.2, 0.25) is 0 Å². The second-order valence-electron chi connectivity index (χ2n) is 7.19. The molecule has 1 aliphatic rings. The Kier molecular flexibility index (Phi) is 6.00. The van der Waals surface area contributed by atoms with Gasteiger partial charge < -0.3 is 23.0 Å². The minimum Gasteiger partial charge on any atom is -0.445 e. The molecule has 1 amide bonds. The smallest absolute Gasteiger partial charge is 0.445 e. The van der Waals surface area contributed by atoms with Crippen LogP contribution in [0.3, 0.4) is 0 Å². The molecule has 1 saturated heterocycles. The van der Waals surface area contributed by atoms with Gasteiger partial charge in [-0.25, -0.2) is 4.79 Å². The van der Waals surface area contributed by atoms with Crippen molar-refractivity contribution in [2.75, 3.05) is 31.5 Å². The van der Waals surface area contributed by atoms with Gasteiger partial charge in [-0.15, -0.1) is 5.46 Å². The SMILES string of the molecule is CC(C)(C)OC(=O)Nc1cc(CN2CCNCC2)cc([B-](F)(F)F)c1. The molecule has 0 atom stereocenters. The molecule has 1 heterocycles. The van der Waals surface area contributed by atoms with Crippen molar-refractivity contribution in [1.29, 1.82) is 0 Å². The summed E-state index contributed by atoms with van der Waals surface area (Å²) in [6.45, 7) is 3.50. The fourth-order valence-electron chi connectivity index (χ4n) is 2.62. The molecule has 0 bridgehead atoms. The van der Waals surface area contributed by atoms with Crippen molar-refractivity contribution in [3.8, 4) is 0 Å². The van der Waals surface area contributed by atoms with Crippen LogP contribution in [0.2, 0.25) is 0 Å². The van der Waals surface area contributed by atoms with Gasteiger partial charge in [0.1, 0.15) is 5.60 Å². The molecule has 0 radical (unpaired) electrons. The number of rotatable bonds is 4. The van der Waals surface area contributed by atoms with Crippen LogP contribution in [-0.2, 0) is 11.3 Å². The molecule has 5 nitrogen and oxygen atoms in total. The lowest BCUT2D eigenvalue weighted by Crippen LogP contribution is -2.43. The number of amides is 1. The van der Waals surface area contributed by atoms with Crippen LogP contribution >= 0.6 is 0 Å². The van der Waals surface area contributed by atoms with Gasteiger partial charge in [0.15, 0.2) is 0 Å². The summed E-state index contributed by atoms with van der Waals surface area (Å²) in [6, 6.07) is 3.67. The molecule has 1 aliphatic heterocycles. The molecule has 0 saturated carbocycles. The minimum atomic E-state index is -5.16. The standard InChI is InChI=1S/C16H24BF3N3O2/c1-16(2,3)25-15(24)22-14-9-12(8-13(10-14)17(18,19)20)11-23-6-4-21-5-7-23/h8-10,21H,4-7,11H2,1-3H3,(H,22,24)/q-1. The Hall–Kier alpha value is -1.74. The van der Waals surface area contributed by atoms with Gasteiger partial charge in [0, 0.05) is 38.4 Å². The van der Waals surface area contributed by atoms with Crippen LogP contribution in [0.4, 0.5) is 23.4 Å². The number of benzene rings is 1. The summed E-state index contributed by atoms with van der Waals surface area (Å²) in [5.41, 5.74) is -0.835. The fraction of sp³-hybridized carbons (Fsp3) is 0.562. The van der Waals surface area contributed by atoms with Gasteiger partial charge in [-0.2, -0.15) is 0 Å². The highest BCUT2D eigenvalue weighted by Gasteiger charge is 2.27. The Morgan fingerprint density at radius 3 is 2.44 bits per heavy atom. The average Bonchev–Trinajstić information content (AvgIpc) is 2.45. The number of anilines is 1. The number of carbonyl (C=O) groups is 1. The van der Waals surface area contributed by atoms with Crippen LogP contribution in [-0.4, -0.2) is 49.8 Å². The third-order valence-electron chi connectivity index (χ3n) is 3.65. The molecule has 9 heteroatoms. The molecule has 1 aromatic carbocycles. The monoisotopic (exact) mass is 358 g/mol. The van der Waals surface area contributed by atoms with Crippen LogP contribution in [0.15, 0.2) is 18.2 Å². The van der Waals surface area contributed by atoms with E-state index in [-0.39, 0.29) is 5.69 Å². The highest BCUT2D eigenvalue weighted by atomic mass is 19.4. The van der Waals surface area contributed by atoms with Crippen LogP contribution in [0.1, 0.15) is 26.3 Å². The van der Waals surface area contributed by atoms with E-state index in [9.17, 15) is 17.7 Å². The van der Waals surface area contributed by atoms with Crippen molar-refractivity contribution in [2.24, 2.45) is 0 Å². The summed E-state index contributed by atoms with van der Waals surface area (Å²) < 4.78 is 44.8. The van der Waals surface area contributed by atoms with E-state index in [2.05, 4.69) is 15.5 Å². The number of ether oxygens (including phenoxy) is 1. The topological polar surface area (TPSA) is 53.6 Å². The van der Waals surface area contributed by atoms with Gasteiger partial charge >= 0.3 is 13.1 Å². The molecular formula is C16H24BF3N3O2-. The first-order chi connectivity index (χ1) is 11.5. The molecule has 1 aromatic rings. The Labute approximate surface area is 146 Å². The Morgan fingerprint density at radius 1 is 1.24 bits per heavy atom. The van der Waals surface area contributed by atoms with Crippen molar-refractivity contribution >= 4 is 24.2 Å². The van der Waals surface area contributed by atoms with Crippen LogP contribution in [0.25, 0.3) is 0 Å². The first-order valence-electron chi connectivity index (χ1n) is 8.30. The van der Waals surface area contributed by atoms with Crippen molar-refractivity contribution < 1.29 is 22.5 Å². The summed E-state index contributed by atoms with van der Waals surface area (Å²) in [5.74, 6) is 0. The maximum Gasteiger partial charge on any atom is 0.509 e. The normalized spacial score (nSPS) is 16.6. The third kappa shape index (κ3) is 6.58. The zero-order valence-electron chi connectivity index (χ0n) is 14.7. The zero-order valence-corrected chi connectivity index (χ0v) is 14.7. The Morgan fingerprint density at radius 2 is 1.88 bits per heavy atom. The highest BCUT2D eigenvalue weighted by Crippen LogP contribution is 2.18. The summed E-state index contributed by atoms with van der Waals surface area (Å²) in [7, 11) is 0. The number of piperazine rings is 1. The maximum atomic E-state index is 13.2. The van der Waals surface area contributed by atoms with Crippen LogP contribution in [0.5, 0.6) is 0 Å². The van der Waals surface area contributed by atoms with E-state index in [1.807, 2.05) is 0 Å². The van der Waals surface area contributed by atoms with Crippen molar-refractivity contribution in [3.05, 3.63) is 23.8 Å².